The van der Waals surface area contributed by atoms with E-state index in [0.29, 0.717) is 28.9 Å². The molecule has 1 amide bonds. The molecule has 2 aromatic carbocycles. The molecule has 1 fully saturated rings. The molecule has 1 heterocycles. The van der Waals surface area contributed by atoms with E-state index in [1.807, 2.05) is 36.4 Å². The van der Waals surface area contributed by atoms with Crippen molar-refractivity contribution in [1.82, 2.24) is 9.80 Å². The average Bonchev–Trinajstić information content (AvgIpc) is 2.86. The fourth-order valence-corrected chi connectivity index (χ4v) is 3.77. The Labute approximate surface area is 186 Å². The normalized spacial score (nSPS) is 15.5. The second-order valence-corrected chi connectivity index (χ2v) is 8.32. The zero-order valence-electron chi connectivity index (χ0n) is 15.5. The van der Waals surface area contributed by atoms with Gasteiger partial charge in [-0.25, -0.2) is 0 Å². The third-order valence-electron chi connectivity index (χ3n) is 4.31. The molecule has 8 heteroatoms. The molecule has 0 unspecified atom stereocenters. The second kappa shape index (κ2) is 8.63. The molecule has 0 bridgehead atoms. The number of nitrogens with zero attached hydrogens (tertiary/aromatic N) is 2. The molecule has 5 nitrogen and oxygen atoms in total. The summed E-state index contributed by atoms with van der Waals surface area (Å²) >= 11 is 12.2. The third-order valence-corrected chi connectivity index (χ3v) is 5.98. The fourth-order valence-electron chi connectivity index (χ4n) is 2.75. The summed E-state index contributed by atoms with van der Waals surface area (Å²) in [4.78, 5) is 15.5. The van der Waals surface area contributed by atoms with Crippen LogP contribution < -0.4 is 9.47 Å². The van der Waals surface area contributed by atoms with Gasteiger partial charge in [0.05, 0.1) is 11.6 Å². The quantitative estimate of drug-likeness (QED) is 0.413. The molecule has 1 saturated heterocycles. The molecule has 0 aromatic heterocycles. The van der Waals surface area contributed by atoms with Gasteiger partial charge in [-0.05, 0) is 69.6 Å². The van der Waals surface area contributed by atoms with Crippen LogP contribution in [-0.4, -0.2) is 42.0 Å². The van der Waals surface area contributed by atoms with Gasteiger partial charge < -0.3 is 14.4 Å². The highest BCUT2D eigenvalue weighted by molar-refractivity contribution is 9.10. The van der Waals surface area contributed by atoms with Crippen LogP contribution in [0.4, 0.5) is 0 Å². The number of carbonyl (C=O) groups is 1. The maximum atomic E-state index is 12.4. The summed E-state index contributed by atoms with van der Waals surface area (Å²) < 4.78 is 13.2. The SMILES string of the molecule is COc1cc(/C=C2/C(=O)N(C)C(=S)N2C)cc(Br)c1OCc1ccc(Br)cc1. The molecule has 0 aliphatic carbocycles. The van der Waals surface area contributed by atoms with Gasteiger partial charge in [-0.1, -0.05) is 28.1 Å². The van der Waals surface area contributed by atoms with E-state index in [2.05, 4.69) is 31.9 Å². The molecule has 0 N–H and O–H groups in total. The van der Waals surface area contributed by atoms with Crippen LogP contribution in [-0.2, 0) is 11.4 Å². The van der Waals surface area contributed by atoms with E-state index in [1.165, 1.54) is 4.90 Å². The predicted octanol–water partition coefficient (Wildman–Crippen LogP) is 4.83. The Kier molecular flexibility index (Phi) is 6.42. The van der Waals surface area contributed by atoms with Crippen molar-refractivity contribution in [2.24, 2.45) is 0 Å². The minimum absolute atomic E-state index is 0.141. The topological polar surface area (TPSA) is 42.0 Å². The first-order valence-electron chi connectivity index (χ1n) is 8.34. The van der Waals surface area contributed by atoms with Crippen molar-refractivity contribution < 1.29 is 14.3 Å². The largest absolute Gasteiger partial charge is 0.493 e. The molecule has 1 aliphatic heterocycles. The van der Waals surface area contributed by atoms with Gasteiger partial charge in [0, 0.05) is 18.6 Å². The maximum absolute atomic E-state index is 12.4. The van der Waals surface area contributed by atoms with Gasteiger partial charge in [0.15, 0.2) is 16.6 Å². The molecule has 28 heavy (non-hydrogen) atoms. The van der Waals surface area contributed by atoms with Crippen LogP contribution in [0.2, 0.25) is 0 Å². The number of rotatable bonds is 5. The highest BCUT2D eigenvalue weighted by atomic mass is 79.9. The Balaban J connectivity index is 1.87. The highest BCUT2D eigenvalue weighted by Crippen LogP contribution is 2.38. The Morgan fingerprint density at radius 1 is 1.11 bits per heavy atom. The van der Waals surface area contributed by atoms with E-state index >= 15 is 0 Å². The number of halogens is 2. The van der Waals surface area contributed by atoms with Crippen molar-refractivity contribution in [3.05, 3.63) is 62.2 Å². The van der Waals surface area contributed by atoms with Crippen LogP contribution in [0.15, 0.2) is 51.0 Å². The van der Waals surface area contributed by atoms with Gasteiger partial charge in [-0.2, -0.15) is 0 Å². The number of ether oxygens (including phenoxy) is 2. The molecule has 1 aliphatic rings. The van der Waals surface area contributed by atoms with Gasteiger partial charge in [0.2, 0.25) is 0 Å². The molecule has 3 rings (SSSR count). The van der Waals surface area contributed by atoms with Gasteiger partial charge in [0.25, 0.3) is 5.91 Å². The van der Waals surface area contributed by atoms with E-state index < -0.39 is 0 Å². The van der Waals surface area contributed by atoms with Gasteiger partial charge >= 0.3 is 0 Å². The molecular weight excluding hydrogens is 508 g/mol. The summed E-state index contributed by atoms with van der Waals surface area (Å²) in [6.45, 7) is 0.406. The standard InChI is InChI=1S/C20H18Br2N2O3S/c1-23-16(19(25)24(2)20(23)28)9-13-8-15(22)18(17(10-13)26-3)27-11-12-4-6-14(21)7-5-12/h4-10H,11H2,1-3H3/b16-9-. The second-order valence-electron chi connectivity index (χ2n) is 6.18. The van der Waals surface area contributed by atoms with E-state index in [0.717, 1.165) is 20.1 Å². The van der Waals surface area contributed by atoms with Crippen LogP contribution in [0, 0.1) is 0 Å². The summed E-state index contributed by atoms with van der Waals surface area (Å²) in [6.07, 6.45) is 1.78. The van der Waals surface area contributed by atoms with E-state index in [1.54, 1.807) is 32.2 Å². The average molecular weight is 526 g/mol. The van der Waals surface area contributed by atoms with Crippen LogP contribution >= 0.6 is 44.1 Å². The summed E-state index contributed by atoms with van der Waals surface area (Å²) in [7, 11) is 5.02. The number of thiocarbonyl (C=S) groups is 1. The monoisotopic (exact) mass is 524 g/mol. The number of hydrogen-bond donors (Lipinski definition) is 0. The molecule has 0 saturated carbocycles. The van der Waals surface area contributed by atoms with Crippen molar-refractivity contribution in [1.29, 1.82) is 0 Å². The highest BCUT2D eigenvalue weighted by Gasteiger charge is 2.32. The Morgan fingerprint density at radius 3 is 2.36 bits per heavy atom. The smallest absolute Gasteiger partial charge is 0.276 e. The minimum atomic E-state index is -0.141. The number of amides is 1. The third kappa shape index (κ3) is 4.24. The van der Waals surface area contributed by atoms with Gasteiger partial charge in [-0.15, -0.1) is 0 Å². The summed E-state index contributed by atoms with van der Waals surface area (Å²) in [6, 6.07) is 11.6. The van der Waals surface area contributed by atoms with Gasteiger partial charge in [-0.3, -0.25) is 9.69 Å². The number of hydrogen-bond acceptors (Lipinski definition) is 4. The predicted molar refractivity (Wildman–Crippen MR) is 120 cm³/mol. The van der Waals surface area contributed by atoms with E-state index in [-0.39, 0.29) is 5.91 Å². The summed E-state index contributed by atoms with van der Waals surface area (Å²) in [5.41, 5.74) is 2.34. The molecule has 0 radical (unpaired) electrons. The first-order chi connectivity index (χ1) is 13.3. The molecule has 0 atom stereocenters. The van der Waals surface area contributed by atoms with Crippen molar-refractivity contribution >= 4 is 61.2 Å². The number of likely N-dealkylation sites (N-methyl/N-ethyl adjacent to an activating group) is 2. The van der Waals surface area contributed by atoms with Crippen LogP contribution in [0.1, 0.15) is 11.1 Å². The number of methoxy groups -OCH3 is 1. The van der Waals surface area contributed by atoms with E-state index in [9.17, 15) is 4.79 Å². The van der Waals surface area contributed by atoms with Crippen LogP contribution in [0.3, 0.4) is 0 Å². The van der Waals surface area contributed by atoms with Crippen molar-refractivity contribution in [2.75, 3.05) is 21.2 Å². The zero-order chi connectivity index (χ0) is 20.4. The molecular formula is C20H18Br2N2O3S. The summed E-state index contributed by atoms with van der Waals surface area (Å²) in [5.74, 6) is 1.03. The molecule has 146 valence electrons. The van der Waals surface area contributed by atoms with Crippen molar-refractivity contribution in [2.45, 2.75) is 6.61 Å². The first-order valence-corrected chi connectivity index (χ1v) is 10.3. The number of carbonyl (C=O) groups excluding carboxylic acids is 1. The summed E-state index contributed by atoms with van der Waals surface area (Å²) in [5, 5.41) is 0.469. The molecule has 2 aromatic rings. The minimum Gasteiger partial charge on any atom is -0.493 e. The van der Waals surface area contributed by atoms with Crippen LogP contribution in [0.25, 0.3) is 6.08 Å². The Morgan fingerprint density at radius 2 is 1.79 bits per heavy atom. The fraction of sp³-hybridized carbons (Fsp3) is 0.200. The lowest BCUT2D eigenvalue weighted by molar-refractivity contribution is -0.121. The lowest BCUT2D eigenvalue weighted by Crippen LogP contribution is -2.26. The number of benzene rings is 2. The van der Waals surface area contributed by atoms with Crippen molar-refractivity contribution in [3.63, 3.8) is 0 Å². The zero-order valence-corrected chi connectivity index (χ0v) is 19.5. The Hall–Kier alpha value is -1.90. The van der Waals surface area contributed by atoms with Crippen molar-refractivity contribution in [3.8, 4) is 11.5 Å². The lowest BCUT2D eigenvalue weighted by atomic mass is 10.1. The molecule has 0 spiro atoms. The van der Waals surface area contributed by atoms with Crippen LogP contribution in [0.5, 0.6) is 11.5 Å². The first kappa shape index (κ1) is 20.8. The van der Waals surface area contributed by atoms with Gasteiger partial charge in [0.1, 0.15) is 12.3 Å². The van der Waals surface area contributed by atoms with E-state index in [4.69, 9.17) is 21.7 Å². The Bertz CT molecular complexity index is 961. The maximum Gasteiger partial charge on any atom is 0.276 e. The lowest BCUT2D eigenvalue weighted by Gasteiger charge is -2.14.